The third-order valence-electron chi connectivity index (χ3n) is 3.44. The lowest BCUT2D eigenvalue weighted by molar-refractivity contribution is -0.150. The number of benzene rings is 1. The van der Waals surface area contributed by atoms with Gasteiger partial charge in [-0.25, -0.2) is 14.0 Å². The molecule has 128 valence electrons. The highest BCUT2D eigenvalue weighted by atomic mass is 19.1. The average Bonchev–Trinajstić information content (AvgIpc) is 2.43. The molecule has 7 heteroatoms. The highest BCUT2D eigenvalue weighted by Crippen LogP contribution is 2.37. The molecule has 0 aliphatic carbocycles. The predicted molar refractivity (Wildman–Crippen MR) is 81.9 cm³/mol. The van der Waals surface area contributed by atoms with Gasteiger partial charge in [-0.05, 0) is 39.8 Å². The number of aliphatic carboxylic acids is 1. The summed E-state index contributed by atoms with van der Waals surface area (Å²) in [6.45, 7) is 6.18. The number of rotatable bonds is 4. The van der Waals surface area contributed by atoms with Gasteiger partial charge in [0.05, 0.1) is 12.7 Å². The second-order valence-corrected chi connectivity index (χ2v) is 6.23. The zero-order chi connectivity index (χ0) is 18.0. The maximum Gasteiger partial charge on any atom is 0.411 e. The quantitative estimate of drug-likeness (QED) is 0.920. The second-order valence-electron chi connectivity index (χ2n) is 6.23. The lowest BCUT2D eigenvalue weighted by Gasteiger charge is -2.37. The first-order chi connectivity index (χ1) is 10.4. The Hall–Kier alpha value is -2.31. The van der Waals surface area contributed by atoms with Crippen molar-refractivity contribution < 1.29 is 28.6 Å². The van der Waals surface area contributed by atoms with Gasteiger partial charge in [-0.2, -0.15) is 0 Å². The maximum atomic E-state index is 14.3. The SMILES string of the molecule is COc1cccc(F)c1C(C)(C(=O)O)N(C)C(=O)OC(C)(C)C. The fourth-order valence-corrected chi connectivity index (χ4v) is 2.08. The van der Waals surface area contributed by atoms with Crippen LogP contribution in [-0.4, -0.2) is 41.8 Å². The fourth-order valence-electron chi connectivity index (χ4n) is 2.08. The van der Waals surface area contributed by atoms with Crippen molar-refractivity contribution in [3.05, 3.63) is 29.6 Å². The molecule has 0 spiro atoms. The van der Waals surface area contributed by atoms with Gasteiger partial charge in [0.25, 0.3) is 0 Å². The van der Waals surface area contributed by atoms with E-state index in [4.69, 9.17) is 9.47 Å². The number of methoxy groups -OCH3 is 1. The molecule has 0 heterocycles. The number of carbonyl (C=O) groups is 2. The van der Waals surface area contributed by atoms with Crippen LogP contribution in [-0.2, 0) is 15.1 Å². The summed E-state index contributed by atoms with van der Waals surface area (Å²) >= 11 is 0. The molecule has 1 aromatic carbocycles. The molecular weight excluding hydrogens is 305 g/mol. The van der Waals surface area contributed by atoms with E-state index in [1.807, 2.05) is 0 Å². The highest BCUT2D eigenvalue weighted by Gasteiger charge is 2.47. The summed E-state index contributed by atoms with van der Waals surface area (Å²) in [6, 6.07) is 3.94. The number of likely N-dealkylation sites (N-methyl/N-ethyl adjacent to an activating group) is 1. The fraction of sp³-hybridized carbons (Fsp3) is 0.500. The summed E-state index contributed by atoms with van der Waals surface area (Å²) < 4.78 is 24.6. The van der Waals surface area contributed by atoms with E-state index in [-0.39, 0.29) is 11.3 Å². The number of hydrogen-bond donors (Lipinski definition) is 1. The molecule has 0 radical (unpaired) electrons. The normalized spacial score (nSPS) is 13.9. The van der Waals surface area contributed by atoms with E-state index >= 15 is 0 Å². The predicted octanol–water partition coefficient (Wildman–Crippen LogP) is 3.00. The van der Waals surface area contributed by atoms with E-state index in [1.54, 1.807) is 20.8 Å². The van der Waals surface area contributed by atoms with Gasteiger partial charge in [-0.15, -0.1) is 0 Å². The molecule has 0 aromatic heterocycles. The number of hydrogen-bond acceptors (Lipinski definition) is 4. The van der Waals surface area contributed by atoms with E-state index < -0.39 is 29.0 Å². The molecule has 0 saturated carbocycles. The van der Waals surface area contributed by atoms with Crippen LogP contribution in [0.4, 0.5) is 9.18 Å². The number of ether oxygens (including phenoxy) is 2. The largest absolute Gasteiger partial charge is 0.496 e. The van der Waals surface area contributed by atoms with Crippen LogP contribution >= 0.6 is 0 Å². The van der Waals surface area contributed by atoms with Crippen molar-refractivity contribution in [1.82, 2.24) is 4.90 Å². The van der Waals surface area contributed by atoms with Gasteiger partial charge in [0.15, 0.2) is 5.54 Å². The van der Waals surface area contributed by atoms with Crippen LogP contribution in [0.3, 0.4) is 0 Å². The van der Waals surface area contributed by atoms with Gasteiger partial charge in [0.1, 0.15) is 17.2 Å². The molecule has 0 aliphatic rings. The van der Waals surface area contributed by atoms with Crippen LogP contribution in [0.2, 0.25) is 0 Å². The number of halogens is 1. The average molecular weight is 327 g/mol. The van der Waals surface area contributed by atoms with Crippen molar-refractivity contribution in [3.63, 3.8) is 0 Å². The minimum atomic E-state index is -2.00. The Morgan fingerprint density at radius 1 is 1.22 bits per heavy atom. The van der Waals surface area contributed by atoms with E-state index in [0.29, 0.717) is 0 Å². The molecule has 0 saturated heterocycles. The van der Waals surface area contributed by atoms with Gasteiger partial charge < -0.3 is 14.6 Å². The van der Waals surface area contributed by atoms with Crippen molar-refractivity contribution >= 4 is 12.1 Å². The lowest BCUT2D eigenvalue weighted by Crippen LogP contribution is -2.52. The molecule has 1 atom stereocenters. The van der Waals surface area contributed by atoms with Crippen LogP contribution in [0.25, 0.3) is 0 Å². The van der Waals surface area contributed by atoms with Crippen LogP contribution in [0, 0.1) is 5.82 Å². The van der Waals surface area contributed by atoms with Gasteiger partial charge >= 0.3 is 12.1 Å². The number of amides is 1. The second kappa shape index (κ2) is 6.44. The molecule has 0 aliphatic heterocycles. The molecule has 1 rings (SSSR count). The molecule has 1 N–H and O–H groups in total. The third kappa shape index (κ3) is 3.72. The number of nitrogens with zero attached hydrogens (tertiary/aromatic N) is 1. The molecule has 6 nitrogen and oxygen atoms in total. The van der Waals surface area contributed by atoms with Crippen LogP contribution in [0.1, 0.15) is 33.3 Å². The van der Waals surface area contributed by atoms with E-state index in [1.165, 1.54) is 33.2 Å². The molecule has 1 unspecified atom stereocenters. The standard InChI is InChI=1S/C16H22FNO5/c1-15(2,3)23-14(21)18(5)16(4,13(19)20)12-10(17)8-7-9-11(12)22-6/h7-9H,1-6H3,(H,19,20). The molecule has 23 heavy (non-hydrogen) atoms. The Morgan fingerprint density at radius 3 is 2.22 bits per heavy atom. The summed E-state index contributed by atoms with van der Waals surface area (Å²) in [7, 11) is 2.54. The van der Waals surface area contributed by atoms with Crippen LogP contribution in [0.15, 0.2) is 18.2 Å². The highest BCUT2D eigenvalue weighted by molar-refractivity contribution is 5.86. The summed E-state index contributed by atoms with van der Waals surface area (Å²) in [5.74, 6) is -2.16. The topological polar surface area (TPSA) is 76.1 Å². The number of carbonyl (C=O) groups excluding carboxylic acids is 1. The van der Waals surface area contributed by atoms with E-state index in [9.17, 15) is 19.1 Å². The van der Waals surface area contributed by atoms with Crippen molar-refractivity contribution in [3.8, 4) is 5.75 Å². The summed E-state index contributed by atoms with van der Waals surface area (Å²) in [6.07, 6.45) is -0.882. The molecule has 0 bridgehead atoms. The summed E-state index contributed by atoms with van der Waals surface area (Å²) in [4.78, 5) is 25.0. The van der Waals surface area contributed by atoms with Crippen LogP contribution < -0.4 is 4.74 Å². The van der Waals surface area contributed by atoms with Crippen molar-refractivity contribution in [2.45, 2.75) is 38.8 Å². The summed E-state index contributed by atoms with van der Waals surface area (Å²) in [5, 5.41) is 9.68. The minimum absolute atomic E-state index is 0.0327. The lowest BCUT2D eigenvalue weighted by atomic mass is 9.89. The van der Waals surface area contributed by atoms with Gasteiger partial charge in [0, 0.05) is 7.05 Å². The maximum absolute atomic E-state index is 14.3. The first-order valence-electron chi connectivity index (χ1n) is 6.98. The Kier molecular flexibility index (Phi) is 5.24. The van der Waals surface area contributed by atoms with Crippen molar-refractivity contribution in [1.29, 1.82) is 0 Å². The first kappa shape index (κ1) is 18.7. The Bertz CT molecular complexity index is 611. The zero-order valence-corrected chi connectivity index (χ0v) is 14.1. The van der Waals surface area contributed by atoms with Gasteiger partial charge in [0.2, 0.25) is 0 Å². The monoisotopic (exact) mass is 327 g/mol. The van der Waals surface area contributed by atoms with Crippen LogP contribution in [0.5, 0.6) is 5.75 Å². The Balaban J connectivity index is 3.45. The van der Waals surface area contributed by atoms with Gasteiger partial charge in [-0.3, -0.25) is 4.90 Å². The third-order valence-corrected chi connectivity index (χ3v) is 3.44. The minimum Gasteiger partial charge on any atom is -0.496 e. The smallest absolute Gasteiger partial charge is 0.411 e. The van der Waals surface area contributed by atoms with E-state index in [2.05, 4.69) is 0 Å². The van der Waals surface area contributed by atoms with Gasteiger partial charge in [-0.1, -0.05) is 6.07 Å². The molecular formula is C16H22FNO5. The molecule has 1 amide bonds. The first-order valence-corrected chi connectivity index (χ1v) is 6.98. The van der Waals surface area contributed by atoms with E-state index in [0.717, 1.165) is 11.0 Å². The Morgan fingerprint density at radius 2 is 1.78 bits per heavy atom. The molecule has 1 aromatic rings. The van der Waals surface area contributed by atoms with Crippen molar-refractivity contribution in [2.24, 2.45) is 0 Å². The number of carboxylic acid groups (broad SMARTS) is 1. The zero-order valence-electron chi connectivity index (χ0n) is 14.1. The number of carboxylic acids is 1. The molecule has 0 fully saturated rings. The van der Waals surface area contributed by atoms with Crippen molar-refractivity contribution in [2.75, 3.05) is 14.2 Å². The summed E-state index contributed by atoms with van der Waals surface area (Å²) in [5.41, 5.74) is -3.06. The Labute approximate surface area is 134 Å².